The van der Waals surface area contributed by atoms with Crippen LogP contribution in [0, 0.1) is 12.8 Å². The normalized spacial score (nSPS) is 17.7. The Morgan fingerprint density at radius 1 is 0.855 bits per heavy atom. The van der Waals surface area contributed by atoms with Crippen LogP contribution in [0.1, 0.15) is 134 Å². The second kappa shape index (κ2) is 20.0. The largest absolute Gasteiger partial charge is 0.481 e. The summed E-state index contributed by atoms with van der Waals surface area (Å²) >= 11 is 3.50. The number of hydrogen-bond acceptors (Lipinski definition) is 7. The Bertz CT molecular complexity index is 1470. The summed E-state index contributed by atoms with van der Waals surface area (Å²) < 4.78 is 20.7. The van der Waals surface area contributed by atoms with E-state index < -0.39 is 41.8 Å². The number of aliphatic carboxylic acids is 1. The highest BCUT2D eigenvalue weighted by Crippen LogP contribution is 2.46. The first-order chi connectivity index (χ1) is 24.5. The SMILES string of the molecule is C/C(=C/C[C@H](O[Si](C)(C)C(C)(C)C)/C(C)=C/c1csc(C)n1)C/C=C\[C@H](C)[C@H](O[Si](C)(C)C(C)(C)C)[C@@H](C)SC(C)(C)[C@@H](CC(=O)O)O[Si](C)(C)C(C)(C)C. The summed E-state index contributed by atoms with van der Waals surface area (Å²) in [5.74, 6) is -0.668. The summed E-state index contributed by atoms with van der Waals surface area (Å²) in [6, 6.07) is 0. The molecule has 1 heterocycles. The van der Waals surface area contributed by atoms with Crippen LogP contribution in [0.15, 0.2) is 34.8 Å². The maximum atomic E-state index is 12.2. The van der Waals surface area contributed by atoms with E-state index in [0.717, 1.165) is 23.5 Å². The third-order valence-electron chi connectivity index (χ3n) is 12.4. The highest BCUT2D eigenvalue weighted by atomic mass is 32.2. The standard InChI is InChI=1S/C44H83NO5S2Si3/c1-31(26-27-37(48-53(17,18)41(6,7)8)33(3)28-36-30-51-35(5)45-36)24-23-25-32(2)40(50-55(21,22)43(12,13)14)34(4)52-44(15,16)38(29-39(46)47)49-54(19,20)42(9,10)11/h23,25-26,28,30,32,34,37-38,40H,24,27,29H2,1-22H3,(H,46,47)/b25-23-,31-26-,33-28+/t32-,34+,37-,38+,40-/m0/s1. The first-order valence-electron chi connectivity index (χ1n) is 20.4. The number of aryl methyl sites for hydroxylation is 1. The van der Waals surface area contributed by atoms with E-state index in [9.17, 15) is 9.90 Å². The average Bonchev–Trinajstić information content (AvgIpc) is 3.39. The van der Waals surface area contributed by atoms with Crippen LogP contribution in [0.25, 0.3) is 6.08 Å². The van der Waals surface area contributed by atoms with E-state index in [1.54, 1.807) is 11.3 Å². The van der Waals surface area contributed by atoms with Crippen molar-refractivity contribution in [2.24, 2.45) is 5.92 Å². The summed E-state index contributed by atoms with van der Waals surface area (Å²) in [5.41, 5.74) is 3.53. The molecule has 1 aromatic heterocycles. The van der Waals surface area contributed by atoms with Crippen LogP contribution < -0.4 is 0 Å². The molecule has 1 N–H and O–H groups in total. The molecule has 0 aliphatic heterocycles. The van der Waals surface area contributed by atoms with Crippen LogP contribution >= 0.6 is 23.1 Å². The van der Waals surface area contributed by atoms with Crippen molar-refractivity contribution in [1.29, 1.82) is 0 Å². The highest BCUT2D eigenvalue weighted by molar-refractivity contribution is 8.01. The van der Waals surface area contributed by atoms with E-state index >= 15 is 0 Å². The van der Waals surface area contributed by atoms with Crippen molar-refractivity contribution in [1.82, 2.24) is 4.98 Å². The number of allylic oxidation sites excluding steroid dienone is 2. The molecule has 0 aromatic carbocycles. The van der Waals surface area contributed by atoms with Gasteiger partial charge in [-0.25, -0.2) is 4.98 Å². The molecule has 0 amide bonds. The number of carboxylic acids is 1. The van der Waals surface area contributed by atoms with Gasteiger partial charge in [0.25, 0.3) is 0 Å². The fourth-order valence-corrected chi connectivity index (χ4v) is 12.2. The molecule has 55 heavy (non-hydrogen) atoms. The molecule has 6 nitrogen and oxygen atoms in total. The van der Waals surface area contributed by atoms with Gasteiger partial charge in [-0.2, -0.15) is 0 Å². The van der Waals surface area contributed by atoms with E-state index in [4.69, 9.17) is 18.3 Å². The molecular formula is C44H83NO5S2Si3. The van der Waals surface area contributed by atoms with Gasteiger partial charge in [-0.1, -0.05) is 100.0 Å². The lowest BCUT2D eigenvalue weighted by molar-refractivity contribution is -0.139. The zero-order chi connectivity index (χ0) is 43.2. The number of rotatable bonds is 20. The molecule has 0 fully saturated rings. The van der Waals surface area contributed by atoms with Gasteiger partial charge in [-0.05, 0) is 114 Å². The molecule has 0 aliphatic carbocycles. The van der Waals surface area contributed by atoms with Gasteiger partial charge in [-0.3, -0.25) is 4.79 Å². The van der Waals surface area contributed by atoms with Gasteiger partial charge in [0.05, 0.1) is 35.4 Å². The van der Waals surface area contributed by atoms with E-state index in [1.807, 2.05) is 18.7 Å². The molecule has 0 unspecified atom stereocenters. The van der Waals surface area contributed by atoms with Crippen molar-refractivity contribution in [2.75, 3.05) is 0 Å². The van der Waals surface area contributed by atoms with Crippen LogP contribution in [0.4, 0.5) is 0 Å². The number of thiazole rings is 1. The molecule has 0 bridgehead atoms. The van der Waals surface area contributed by atoms with Crippen LogP contribution in [-0.2, 0) is 18.1 Å². The summed E-state index contributed by atoms with van der Waals surface area (Å²) in [6.07, 6.45) is 10.4. The molecule has 318 valence electrons. The molecule has 1 aromatic rings. The van der Waals surface area contributed by atoms with E-state index in [2.05, 4.69) is 173 Å². The predicted octanol–water partition coefficient (Wildman–Crippen LogP) is 14.3. The summed E-state index contributed by atoms with van der Waals surface area (Å²) in [5, 5.41) is 13.4. The molecule has 0 aliphatic rings. The van der Waals surface area contributed by atoms with Crippen molar-refractivity contribution in [3.63, 3.8) is 0 Å². The Balaban J connectivity index is 3.39. The zero-order valence-electron chi connectivity index (χ0n) is 39.2. The Kier molecular flexibility index (Phi) is 19.0. The lowest BCUT2D eigenvalue weighted by Crippen LogP contribution is -2.52. The second-order valence-corrected chi connectivity index (χ2v) is 38.4. The Morgan fingerprint density at radius 3 is 1.80 bits per heavy atom. The predicted molar refractivity (Wildman–Crippen MR) is 251 cm³/mol. The molecule has 0 saturated carbocycles. The summed E-state index contributed by atoms with van der Waals surface area (Å²) in [7, 11) is -6.38. The van der Waals surface area contributed by atoms with Crippen molar-refractivity contribution in [3.05, 3.63) is 45.5 Å². The maximum absolute atomic E-state index is 12.2. The van der Waals surface area contributed by atoms with E-state index in [1.165, 1.54) is 11.1 Å². The second-order valence-electron chi connectivity index (χ2n) is 21.1. The smallest absolute Gasteiger partial charge is 0.305 e. The quantitative estimate of drug-likeness (QED) is 0.103. The van der Waals surface area contributed by atoms with Crippen LogP contribution in [0.5, 0.6) is 0 Å². The molecule has 0 spiro atoms. The number of hydrogen-bond donors (Lipinski definition) is 1. The van der Waals surface area contributed by atoms with Crippen molar-refractivity contribution < 1.29 is 23.2 Å². The zero-order valence-corrected chi connectivity index (χ0v) is 43.9. The van der Waals surface area contributed by atoms with Crippen molar-refractivity contribution in [2.45, 2.75) is 213 Å². The first kappa shape index (κ1) is 52.2. The average molecular weight is 855 g/mol. The van der Waals surface area contributed by atoms with Gasteiger partial charge in [0.15, 0.2) is 25.0 Å². The molecule has 11 heteroatoms. The minimum absolute atomic E-state index is 0.00470. The van der Waals surface area contributed by atoms with Crippen LogP contribution in [0.2, 0.25) is 54.4 Å². The van der Waals surface area contributed by atoms with Gasteiger partial charge in [0.2, 0.25) is 0 Å². The Morgan fingerprint density at radius 2 is 1.35 bits per heavy atom. The molecule has 0 saturated heterocycles. The van der Waals surface area contributed by atoms with Gasteiger partial charge in [-0.15, -0.1) is 23.1 Å². The van der Waals surface area contributed by atoms with Crippen LogP contribution in [0.3, 0.4) is 0 Å². The first-order valence-corrected chi connectivity index (χ1v) is 30.9. The third kappa shape index (κ3) is 16.4. The van der Waals surface area contributed by atoms with E-state index in [0.29, 0.717) is 0 Å². The lowest BCUT2D eigenvalue weighted by Gasteiger charge is -2.46. The minimum Gasteiger partial charge on any atom is -0.481 e. The Labute approximate surface area is 350 Å². The maximum Gasteiger partial charge on any atom is 0.305 e. The topological polar surface area (TPSA) is 77.9 Å². The third-order valence-corrected chi connectivity index (χ3v) is 28.2. The molecular weight excluding hydrogens is 771 g/mol. The van der Waals surface area contributed by atoms with Gasteiger partial charge >= 0.3 is 5.97 Å². The Hall–Kier alpha value is -0.799. The minimum atomic E-state index is -2.22. The van der Waals surface area contributed by atoms with Crippen molar-refractivity contribution in [3.8, 4) is 0 Å². The number of carbonyl (C=O) groups is 1. The van der Waals surface area contributed by atoms with Crippen molar-refractivity contribution >= 4 is 60.1 Å². The highest BCUT2D eigenvalue weighted by Gasteiger charge is 2.46. The fourth-order valence-electron chi connectivity index (χ4n) is 5.49. The number of carboxylic acid groups (broad SMARTS) is 1. The van der Waals surface area contributed by atoms with E-state index in [-0.39, 0.29) is 44.9 Å². The van der Waals surface area contributed by atoms with Gasteiger partial charge in [0.1, 0.15) is 0 Å². The van der Waals surface area contributed by atoms with Gasteiger partial charge in [0, 0.05) is 21.3 Å². The number of thioether (sulfide) groups is 1. The summed E-state index contributed by atoms with van der Waals surface area (Å²) in [6.45, 7) is 49.4. The molecule has 5 atom stereocenters. The lowest BCUT2D eigenvalue weighted by atomic mass is 10.00. The van der Waals surface area contributed by atoms with Crippen LogP contribution in [-0.4, -0.2) is 69.3 Å². The molecule has 0 radical (unpaired) electrons. The fraction of sp³-hybridized carbons (Fsp3) is 0.773. The summed E-state index contributed by atoms with van der Waals surface area (Å²) in [4.78, 5) is 16.9. The monoisotopic (exact) mass is 854 g/mol. The molecule has 1 rings (SSSR count). The number of nitrogens with zero attached hydrogens (tertiary/aromatic N) is 1. The number of aromatic nitrogens is 1. The van der Waals surface area contributed by atoms with Gasteiger partial charge < -0.3 is 18.4 Å².